The molecular formula is C27H44N4O5. The van der Waals surface area contributed by atoms with Crippen LogP contribution in [0.4, 0.5) is 4.79 Å². The van der Waals surface area contributed by atoms with Crippen molar-refractivity contribution in [3.05, 3.63) is 47.6 Å². The zero-order valence-corrected chi connectivity index (χ0v) is 21.7. The van der Waals surface area contributed by atoms with E-state index in [-0.39, 0.29) is 37.4 Å². The fraction of sp³-hybridized carbons (Fsp3) is 0.593. The Morgan fingerprint density at radius 1 is 0.889 bits per heavy atom. The van der Waals surface area contributed by atoms with Crippen LogP contribution in [0.1, 0.15) is 62.5 Å². The van der Waals surface area contributed by atoms with Crippen molar-refractivity contribution < 1.29 is 24.1 Å². The van der Waals surface area contributed by atoms with Gasteiger partial charge in [0.15, 0.2) is 11.5 Å². The molecule has 1 aromatic rings. The number of aliphatic hydroxyl groups excluding tert-OH is 1. The van der Waals surface area contributed by atoms with E-state index in [9.17, 15) is 9.90 Å². The smallest absolute Gasteiger partial charge is 0.407 e. The number of alkyl carbamates (subject to hydrolysis) is 1. The number of aliphatic hydroxyl groups is 1. The molecule has 0 saturated heterocycles. The maximum Gasteiger partial charge on any atom is 0.407 e. The standard InChI is InChI=1S/C19H28N2O5.C8H16N2/c1-24-17-10-13(9-14(11-22)18(17)25-2)12-26-19(23)21-16-8-6-4-3-5-7-15(16)20;9-7-5-3-1-2-4-6-8(7)10/h3-4,9-10,15-16,22H,5-8,11-12,20H2,1-2H3,(H,21,23);1-2,7-8H,3-6,9-10H2/b4-3+;2-1+. The molecule has 1 aromatic carbocycles. The molecule has 4 atom stereocenters. The van der Waals surface area contributed by atoms with Gasteiger partial charge in [-0.2, -0.15) is 0 Å². The number of ether oxygens (including phenoxy) is 3. The third-order valence-electron chi connectivity index (χ3n) is 6.50. The highest BCUT2D eigenvalue weighted by Crippen LogP contribution is 2.33. The number of amides is 1. The van der Waals surface area contributed by atoms with E-state index in [0.717, 1.165) is 51.4 Å². The summed E-state index contributed by atoms with van der Waals surface area (Å²) in [6, 6.07) is 3.67. The predicted molar refractivity (Wildman–Crippen MR) is 142 cm³/mol. The zero-order valence-electron chi connectivity index (χ0n) is 21.7. The Kier molecular flexibility index (Phi) is 13.3. The molecule has 0 aromatic heterocycles. The van der Waals surface area contributed by atoms with Gasteiger partial charge in [0.05, 0.1) is 20.8 Å². The van der Waals surface area contributed by atoms with E-state index in [1.165, 1.54) is 14.2 Å². The molecule has 3 rings (SSSR count). The minimum Gasteiger partial charge on any atom is -0.493 e. The quantitative estimate of drug-likeness (QED) is 0.370. The van der Waals surface area contributed by atoms with E-state index >= 15 is 0 Å². The Balaban J connectivity index is 0.000000380. The Bertz CT molecular complexity index is 822. The first kappa shape index (κ1) is 29.6. The lowest BCUT2D eigenvalue weighted by atomic mass is 9.96. The second kappa shape index (κ2) is 16.2. The van der Waals surface area contributed by atoms with Gasteiger partial charge < -0.3 is 41.8 Å². The SMILES string of the molecule is COc1cc(COC(=O)NC2CC/C=C/CCC2N)cc(CO)c1OC.NC1CC/C=C/CCC1N. The summed E-state index contributed by atoms with van der Waals surface area (Å²) in [5, 5.41) is 12.4. The summed E-state index contributed by atoms with van der Waals surface area (Å²) in [4.78, 5) is 12.1. The first-order chi connectivity index (χ1) is 17.4. The van der Waals surface area contributed by atoms with Crippen molar-refractivity contribution in [2.24, 2.45) is 17.2 Å². The van der Waals surface area contributed by atoms with Crippen LogP contribution in [0.15, 0.2) is 36.4 Å². The highest BCUT2D eigenvalue weighted by molar-refractivity contribution is 5.67. The molecule has 0 saturated carbocycles. The van der Waals surface area contributed by atoms with Crippen LogP contribution < -0.4 is 32.0 Å². The molecule has 0 bridgehead atoms. The fourth-order valence-electron chi connectivity index (χ4n) is 4.29. The molecule has 202 valence electrons. The van der Waals surface area contributed by atoms with Gasteiger partial charge in [-0.1, -0.05) is 24.3 Å². The number of carbonyl (C=O) groups excluding carboxylic acids is 1. The predicted octanol–water partition coefficient (Wildman–Crippen LogP) is 3.02. The average Bonchev–Trinajstić information content (AvgIpc) is 2.87. The largest absolute Gasteiger partial charge is 0.493 e. The number of carbonyl (C=O) groups is 1. The molecule has 0 fully saturated rings. The van der Waals surface area contributed by atoms with Gasteiger partial charge in [0.2, 0.25) is 0 Å². The van der Waals surface area contributed by atoms with Gasteiger partial charge in [-0.25, -0.2) is 4.79 Å². The summed E-state index contributed by atoms with van der Waals surface area (Å²) in [6.45, 7) is -0.148. The number of allylic oxidation sites excluding steroid dienone is 4. The summed E-state index contributed by atoms with van der Waals surface area (Å²) in [5.41, 5.74) is 19.0. The van der Waals surface area contributed by atoms with Crippen LogP contribution in [0.3, 0.4) is 0 Å². The maximum atomic E-state index is 12.1. The third kappa shape index (κ3) is 9.81. The number of methoxy groups -OCH3 is 2. The number of nitrogens with one attached hydrogen (secondary N) is 1. The van der Waals surface area contributed by atoms with Gasteiger partial charge in [0.25, 0.3) is 0 Å². The van der Waals surface area contributed by atoms with E-state index in [1.807, 2.05) is 0 Å². The normalized spacial score (nSPS) is 25.9. The number of hydrogen-bond donors (Lipinski definition) is 5. The molecule has 36 heavy (non-hydrogen) atoms. The second-order valence-electron chi connectivity index (χ2n) is 9.22. The van der Waals surface area contributed by atoms with Gasteiger partial charge in [-0.15, -0.1) is 0 Å². The summed E-state index contributed by atoms with van der Waals surface area (Å²) in [5.74, 6) is 0.948. The summed E-state index contributed by atoms with van der Waals surface area (Å²) >= 11 is 0. The monoisotopic (exact) mass is 504 g/mol. The average molecular weight is 505 g/mol. The van der Waals surface area contributed by atoms with Crippen molar-refractivity contribution in [3.63, 3.8) is 0 Å². The number of hydrogen-bond acceptors (Lipinski definition) is 8. The Hall–Kier alpha value is -2.59. The Morgan fingerprint density at radius 2 is 1.44 bits per heavy atom. The van der Waals surface area contributed by atoms with Gasteiger partial charge in [-0.3, -0.25) is 0 Å². The summed E-state index contributed by atoms with van der Waals surface area (Å²) in [6.07, 6.45) is 15.8. The molecular weight excluding hydrogens is 460 g/mol. The van der Waals surface area contributed by atoms with E-state index in [2.05, 4.69) is 29.6 Å². The molecule has 1 amide bonds. The molecule has 2 aliphatic rings. The highest BCUT2D eigenvalue weighted by Gasteiger charge is 2.21. The van der Waals surface area contributed by atoms with Crippen molar-refractivity contribution in [1.29, 1.82) is 0 Å². The van der Waals surface area contributed by atoms with Crippen molar-refractivity contribution in [3.8, 4) is 11.5 Å². The van der Waals surface area contributed by atoms with E-state index < -0.39 is 6.09 Å². The van der Waals surface area contributed by atoms with Crippen LogP contribution in [0.25, 0.3) is 0 Å². The minimum absolute atomic E-state index is 0.0566. The minimum atomic E-state index is -0.504. The lowest BCUT2D eigenvalue weighted by molar-refractivity contribution is 0.133. The zero-order chi connectivity index (χ0) is 26.3. The van der Waals surface area contributed by atoms with Crippen molar-refractivity contribution in [1.82, 2.24) is 5.32 Å². The van der Waals surface area contributed by atoms with Crippen LogP contribution in [-0.4, -0.2) is 49.6 Å². The van der Waals surface area contributed by atoms with Crippen LogP contribution >= 0.6 is 0 Å². The van der Waals surface area contributed by atoms with Crippen molar-refractivity contribution in [2.75, 3.05) is 14.2 Å². The van der Waals surface area contributed by atoms with Gasteiger partial charge >= 0.3 is 6.09 Å². The van der Waals surface area contributed by atoms with Crippen LogP contribution in [0.2, 0.25) is 0 Å². The first-order valence-corrected chi connectivity index (χ1v) is 12.7. The van der Waals surface area contributed by atoms with Gasteiger partial charge in [0.1, 0.15) is 6.61 Å². The summed E-state index contributed by atoms with van der Waals surface area (Å²) < 4.78 is 15.8. The lowest BCUT2D eigenvalue weighted by Crippen LogP contribution is -2.47. The van der Waals surface area contributed by atoms with E-state index in [1.54, 1.807) is 12.1 Å². The molecule has 9 nitrogen and oxygen atoms in total. The topological polar surface area (TPSA) is 155 Å². The molecule has 8 N–H and O–H groups in total. The molecule has 2 aliphatic carbocycles. The summed E-state index contributed by atoms with van der Waals surface area (Å²) in [7, 11) is 3.02. The van der Waals surface area contributed by atoms with Crippen molar-refractivity contribution >= 4 is 6.09 Å². The Morgan fingerprint density at radius 3 is 1.97 bits per heavy atom. The molecule has 0 aliphatic heterocycles. The van der Waals surface area contributed by atoms with Gasteiger partial charge in [0, 0.05) is 29.7 Å². The molecule has 0 heterocycles. The maximum absolute atomic E-state index is 12.1. The fourth-order valence-corrected chi connectivity index (χ4v) is 4.29. The number of nitrogens with two attached hydrogens (primary N) is 3. The van der Waals surface area contributed by atoms with Crippen LogP contribution in [0, 0.1) is 0 Å². The van der Waals surface area contributed by atoms with E-state index in [0.29, 0.717) is 22.6 Å². The van der Waals surface area contributed by atoms with E-state index in [4.69, 9.17) is 31.4 Å². The van der Waals surface area contributed by atoms with Crippen LogP contribution in [-0.2, 0) is 18.0 Å². The lowest BCUT2D eigenvalue weighted by Gasteiger charge is -2.25. The highest BCUT2D eigenvalue weighted by atomic mass is 16.5. The molecule has 9 heteroatoms. The Labute approximate surface area is 215 Å². The first-order valence-electron chi connectivity index (χ1n) is 12.7. The molecule has 0 radical (unpaired) electrons. The van der Waals surface area contributed by atoms with Crippen LogP contribution in [0.5, 0.6) is 11.5 Å². The van der Waals surface area contributed by atoms with Crippen molar-refractivity contribution in [2.45, 2.75) is 88.7 Å². The third-order valence-corrected chi connectivity index (χ3v) is 6.50. The number of rotatable bonds is 6. The molecule has 4 unspecified atom stereocenters. The number of benzene rings is 1. The van der Waals surface area contributed by atoms with Gasteiger partial charge in [-0.05, 0) is 69.1 Å². The molecule has 0 spiro atoms. The second-order valence-corrected chi connectivity index (χ2v) is 9.22.